The van der Waals surface area contributed by atoms with Gasteiger partial charge in [-0.2, -0.15) is 9.97 Å². The number of halogens is 4. The molecule has 0 amide bonds. The molecule has 3 fully saturated rings. The van der Waals surface area contributed by atoms with Crippen LogP contribution in [-0.2, 0) is 0 Å². The first-order chi connectivity index (χ1) is 21.3. The third kappa shape index (κ3) is 4.18. The maximum atomic E-state index is 16.8. The second kappa shape index (κ2) is 10.2. The van der Waals surface area contributed by atoms with Gasteiger partial charge in [-0.3, -0.25) is 4.90 Å². The van der Waals surface area contributed by atoms with Crippen molar-refractivity contribution in [1.82, 2.24) is 19.9 Å². The smallest absolute Gasteiger partial charge is 0.319 e. The highest BCUT2D eigenvalue weighted by molar-refractivity contribution is 6.03. The molecule has 3 saturated heterocycles. The van der Waals surface area contributed by atoms with Gasteiger partial charge in [0.15, 0.2) is 5.82 Å². The van der Waals surface area contributed by atoms with Gasteiger partial charge in [-0.05, 0) is 62.2 Å². The number of hydrogen-bond donors (Lipinski definition) is 0. The fourth-order valence-corrected chi connectivity index (χ4v) is 7.67. The SMILES string of the molecule is C#Cc1c(F)ccc2cc(F)cc(-c3nc4c5c(nc(OCC67CCCN6C[C@H](F)C7)nc5c3F)N3CCCC[C@H]3CO4)c12. The molecule has 0 aliphatic carbocycles. The summed E-state index contributed by atoms with van der Waals surface area (Å²) >= 11 is 0. The summed E-state index contributed by atoms with van der Waals surface area (Å²) in [6, 6.07) is 4.78. The number of fused-ring (bicyclic) bond motifs is 4. The molecule has 11 heteroatoms. The molecule has 0 radical (unpaired) electrons. The summed E-state index contributed by atoms with van der Waals surface area (Å²) in [5.41, 5.74) is -0.977. The summed E-state index contributed by atoms with van der Waals surface area (Å²) < 4.78 is 73.4. The molecule has 0 saturated carbocycles. The average Bonchev–Trinajstić information content (AvgIpc) is 3.49. The number of rotatable bonds is 4. The van der Waals surface area contributed by atoms with Crippen molar-refractivity contribution in [2.75, 3.05) is 37.7 Å². The van der Waals surface area contributed by atoms with Crippen LogP contribution in [0.5, 0.6) is 11.9 Å². The zero-order valence-corrected chi connectivity index (χ0v) is 23.9. The molecule has 4 aliphatic rings. The number of hydrogen-bond acceptors (Lipinski definition) is 7. The Bertz CT molecular complexity index is 1880. The maximum absolute atomic E-state index is 16.8. The molecule has 2 aromatic carbocycles. The summed E-state index contributed by atoms with van der Waals surface area (Å²) in [4.78, 5) is 18.1. The second-order valence-corrected chi connectivity index (χ2v) is 12.3. The van der Waals surface area contributed by atoms with Gasteiger partial charge in [0.25, 0.3) is 0 Å². The van der Waals surface area contributed by atoms with E-state index in [0.717, 1.165) is 50.8 Å². The average molecular weight is 604 g/mol. The van der Waals surface area contributed by atoms with Gasteiger partial charge in [-0.15, -0.1) is 6.42 Å². The largest absolute Gasteiger partial charge is 0.475 e. The molecule has 8 rings (SSSR count). The lowest BCUT2D eigenvalue weighted by atomic mass is 9.95. The fourth-order valence-electron chi connectivity index (χ4n) is 7.67. The predicted molar refractivity (Wildman–Crippen MR) is 157 cm³/mol. The normalized spacial score (nSPS) is 24.6. The van der Waals surface area contributed by atoms with Gasteiger partial charge in [0.2, 0.25) is 5.88 Å². The number of ether oxygens (including phenoxy) is 2. The predicted octanol–water partition coefficient (Wildman–Crippen LogP) is 5.95. The first-order valence-corrected chi connectivity index (χ1v) is 15.1. The molecule has 0 bridgehead atoms. The number of piperidine rings is 1. The van der Waals surface area contributed by atoms with Crippen LogP contribution in [0.3, 0.4) is 0 Å². The number of anilines is 1. The fraction of sp³-hybridized carbons (Fsp3) is 0.424. The molecule has 0 N–H and O–H groups in total. The van der Waals surface area contributed by atoms with Gasteiger partial charge in [0.05, 0.1) is 17.1 Å². The molecule has 1 unspecified atom stereocenters. The number of benzene rings is 2. The lowest BCUT2D eigenvalue weighted by Crippen LogP contribution is -2.44. The Morgan fingerprint density at radius 3 is 2.82 bits per heavy atom. The highest BCUT2D eigenvalue weighted by Gasteiger charge is 2.49. The topological polar surface area (TPSA) is 63.6 Å². The van der Waals surface area contributed by atoms with E-state index in [-0.39, 0.29) is 64.3 Å². The lowest BCUT2D eigenvalue weighted by Gasteiger charge is -2.35. The van der Waals surface area contributed by atoms with E-state index >= 15 is 4.39 Å². The molecular formula is C33H29F4N5O2. The van der Waals surface area contributed by atoms with Crippen LogP contribution in [0.4, 0.5) is 23.4 Å². The zero-order chi connectivity index (χ0) is 30.2. The van der Waals surface area contributed by atoms with Crippen molar-refractivity contribution in [2.45, 2.75) is 56.3 Å². The van der Waals surface area contributed by atoms with E-state index in [1.165, 1.54) is 12.1 Å². The molecule has 226 valence electrons. The molecule has 7 nitrogen and oxygen atoms in total. The van der Waals surface area contributed by atoms with Crippen LogP contribution in [-0.4, -0.2) is 70.5 Å². The van der Waals surface area contributed by atoms with Crippen molar-refractivity contribution in [3.8, 4) is 35.5 Å². The lowest BCUT2D eigenvalue weighted by molar-refractivity contribution is 0.107. The van der Waals surface area contributed by atoms with Crippen LogP contribution in [0.2, 0.25) is 0 Å². The summed E-state index contributed by atoms with van der Waals surface area (Å²) in [7, 11) is 0. The van der Waals surface area contributed by atoms with E-state index in [4.69, 9.17) is 20.9 Å². The monoisotopic (exact) mass is 603 g/mol. The van der Waals surface area contributed by atoms with Crippen molar-refractivity contribution >= 4 is 27.5 Å². The highest BCUT2D eigenvalue weighted by atomic mass is 19.1. The molecule has 4 aliphatic heterocycles. The van der Waals surface area contributed by atoms with E-state index in [1.54, 1.807) is 0 Å². The van der Waals surface area contributed by atoms with Crippen molar-refractivity contribution in [3.63, 3.8) is 0 Å². The first kappa shape index (κ1) is 27.4. The number of terminal acetylenes is 1. The van der Waals surface area contributed by atoms with Gasteiger partial charge in [-0.25, -0.2) is 22.5 Å². The quantitative estimate of drug-likeness (QED) is 0.211. The molecule has 44 heavy (non-hydrogen) atoms. The minimum absolute atomic E-state index is 0.0169. The van der Waals surface area contributed by atoms with Gasteiger partial charge in [0.1, 0.15) is 53.4 Å². The second-order valence-electron chi connectivity index (χ2n) is 12.3. The van der Waals surface area contributed by atoms with E-state index in [9.17, 15) is 13.2 Å². The minimum Gasteiger partial charge on any atom is -0.475 e. The molecular weight excluding hydrogens is 574 g/mol. The Balaban J connectivity index is 1.33. The van der Waals surface area contributed by atoms with Gasteiger partial charge < -0.3 is 14.4 Å². The Morgan fingerprint density at radius 1 is 1.07 bits per heavy atom. The van der Waals surface area contributed by atoms with E-state index in [0.29, 0.717) is 30.7 Å². The Morgan fingerprint density at radius 2 is 1.95 bits per heavy atom. The van der Waals surface area contributed by atoms with Crippen LogP contribution in [0, 0.1) is 29.8 Å². The summed E-state index contributed by atoms with van der Waals surface area (Å²) in [5, 5.41) is 0.749. The molecule has 3 atom stereocenters. The number of aromatic nitrogens is 3. The van der Waals surface area contributed by atoms with Crippen LogP contribution in [0.15, 0.2) is 24.3 Å². The van der Waals surface area contributed by atoms with E-state index < -0.39 is 29.2 Å². The Labute approximate surface area is 251 Å². The third-order valence-corrected chi connectivity index (χ3v) is 9.69. The zero-order valence-electron chi connectivity index (χ0n) is 23.9. The summed E-state index contributed by atoms with van der Waals surface area (Å²) in [5.74, 6) is 0.664. The van der Waals surface area contributed by atoms with Crippen LogP contribution < -0.4 is 14.4 Å². The van der Waals surface area contributed by atoms with Crippen LogP contribution in [0.1, 0.15) is 44.1 Å². The molecule has 2 aromatic heterocycles. The standard InChI is InChI=1S/C33H29F4N5O2/c1-2-22-24(36)8-7-18-12-19(34)13-23(25(18)22)28-27(37)29-26-30(42-11-4-3-6-21(42)16-43-31(26)38-28)40-32(39-29)44-17-33-9-5-10-41(33)15-20(35)14-33/h1,7-8,12-13,20-21H,3-6,9-11,14-17H2/t20-,21+,33?/m1/s1. The number of nitrogens with zero attached hydrogens (tertiary/aromatic N) is 5. The third-order valence-electron chi connectivity index (χ3n) is 9.69. The van der Waals surface area contributed by atoms with Gasteiger partial charge >= 0.3 is 6.01 Å². The number of alkyl halides is 1. The Hall–Kier alpha value is -4.17. The maximum Gasteiger partial charge on any atom is 0.319 e. The van der Waals surface area contributed by atoms with Crippen molar-refractivity contribution in [3.05, 3.63) is 47.3 Å². The highest BCUT2D eigenvalue weighted by Crippen LogP contribution is 2.44. The molecule has 0 spiro atoms. The summed E-state index contributed by atoms with van der Waals surface area (Å²) in [6.45, 7) is 2.31. The minimum atomic E-state index is -0.931. The number of pyridine rings is 1. The van der Waals surface area contributed by atoms with Crippen molar-refractivity contribution in [2.24, 2.45) is 0 Å². The molecule has 6 heterocycles. The first-order valence-electron chi connectivity index (χ1n) is 15.1. The van der Waals surface area contributed by atoms with Crippen LogP contribution in [0.25, 0.3) is 32.9 Å². The van der Waals surface area contributed by atoms with Crippen molar-refractivity contribution in [1.29, 1.82) is 0 Å². The van der Waals surface area contributed by atoms with E-state index in [1.807, 2.05) is 0 Å². The summed E-state index contributed by atoms with van der Waals surface area (Å²) in [6.07, 6.45) is 9.61. The van der Waals surface area contributed by atoms with Gasteiger partial charge in [-0.1, -0.05) is 12.0 Å². The van der Waals surface area contributed by atoms with E-state index in [2.05, 4.69) is 25.7 Å². The van der Waals surface area contributed by atoms with Crippen molar-refractivity contribution < 1.29 is 27.0 Å². The van der Waals surface area contributed by atoms with Gasteiger partial charge in [0, 0.05) is 30.5 Å². The molecule has 4 aromatic rings. The van der Waals surface area contributed by atoms with Crippen LogP contribution >= 0.6 is 0 Å². The Kier molecular flexibility index (Phi) is 6.34.